The molecule has 1 fully saturated rings. The summed E-state index contributed by atoms with van der Waals surface area (Å²) >= 11 is 0. The monoisotopic (exact) mass is 346 g/mol. The lowest BCUT2D eigenvalue weighted by molar-refractivity contribution is -0.0172. The molecule has 1 saturated heterocycles. The molecule has 0 amide bonds. The minimum Gasteiger partial charge on any atom is -0.462 e. The lowest BCUT2D eigenvalue weighted by atomic mass is 10.1. The molecule has 3 heterocycles. The van der Waals surface area contributed by atoms with Gasteiger partial charge >= 0.3 is 5.97 Å². The van der Waals surface area contributed by atoms with Crippen molar-refractivity contribution in [2.75, 3.05) is 24.6 Å². The van der Waals surface area contributed by atoms with Crippen LogP contribution in [0.3, 0.4) is 0 Å². The Kier molecular flexibility index (Phi) is 4.94. The molecular weight excluding hydrogens is 320 g/mol. The second kappa shape index (κ2) is 7.00. The zero-order chi connectivity index (χ0) is 18.1. The van der Waals surface area contributed by atoms with E-state index in [1.165, 1.54) is 0 Å². The first-order valence-corrected chi connectivity index (χ1v) is 8.86. The first kappa shape index (κ1) is 17.7. The molecule has 136 valence electrons. The summed E-state index contributed by atoms with van der Waals surface area (Å²) in [4.78, 5) is 19.2. The number of hydrogen-bond donors (Lipinski definition) is 0. The van der Waals surface area contributed by atoms with Gasteiger partial charge in [0.15, 0.2) is 5.65 Å². The Bertz CT molecular complexity index is 786. The maximum absolute atomic E-state index is 12.6. The lowest BCUT2D eigenvalue weighted by Crippen LogP contribution is -2.47. The van der Waals surface area contributed by atoms with Crippen LogP contribution in [0, 0.1) is 6.92 Å². The topological polar surface area (TPSA) is 69.5 Å². The number of carbonyl (C=O) groups is 1. The number of nitrogens with zero attached hydrogens (tertiary/aromatic N) is 4. The number of esters is 1. The van der Waals surface area contributed by atoms with E-state index in [1.54, 1.807) is 10.9 Å². The van der Waals surface area contributed by atoms with E-state index in [0.29, 0.717) is 12.2 Å². The van der Waals surface area contributed by atoms with Crippen LogP contribution in [0.15, 0.2) is 6.20 Å². The Morgan fingerprint density at radius 3 is 2.84 bits per heavy atom. The fourth-order valence-electron chi connectivity index (χ4n) is 3.53. The molecule has 0 bridgehead atoms. The normalized spacial score (nSPS) is 20.9. The molecule has 2 unspecified atom stereocenters. The van der Waals surface area contributed by atoms with Crippen LogP contribution in [0.25, 0.3) is 11.0 Å². The molecule has 2 aromatic heterocycles. The number of hydrogen-bond acceptors (Lipinski definition) is 6. The van der Waals surface area contributed by atoms with Crippen LogP contribution in [-0.2, 0) is 16.5 Å². The fourth-order valence-corrected chi connectivity index (χ4v) is 3.53. The largest absolute Gasteiger partial charge is 0.462 e. The van der Waals surface area contributed by atoms with E-state index in [1.807, 2.05) is 20.9 Å². The van der Waals surface area contributed by atoms with Gasteiger partial charge in [0.05, 0.1) is 35.6 Å². The number of morpholine rings is 1. The molecule has 1 aliphatic heterocycles. The summed E-state index contributed by atoms with van der Waals surface area (Å²) in [6, 6.07) is 0. The minimum absolute atomic E-state index is 0.0916. The second-order valence-electron chi connectivity index (χ2n) is 6.53. The summed E-state index contributed by atoms with van der Waals surface area (Å²) in [7, 11) is 1.87. The number of pyridine rings is 1. The van der Waals surface area contributed by atoms with E-state index in [2.05, 4.69) is 28.8 Å². The van der Waals surface area contributed by atoms with E-state index in [0.717, 1.165) is 41.9 Å². The highest BCUT2D eigenvalue weighted by Crippen LogP contribution is 2.34. The third-order valence-electron chi connectivity index (χ3n) is 4.59. The van der Waals surface area contributed by atoms with Crippen LogP contribution in [0.4, 0.5) is 5.69 Å². The van der Waals surface area contributed by atoms with E-state index in [-0.39, 0.29) is 18.2 Å². The molecule has 0 spiro atoms. The zero-order valence-electron chi connectivity index (χ0n) is 15.6. The fraction of sp³-hybridized carbons (Fsp3) is 0.611. The first-order chi connectivity index (χ1) is 12.0. The average molecular weight is 346 g/mol. The molecule has 3 rings (SSSR count). The van der Waals surface area contributed by atoms with Crippen molar-refractivity contribution in [3.63, 3.8) is 0 Å². The van der Waals surface area contributed by atoms with Crippen molar-refractivity contribution in [1.29, 1.82) is 0 Å². The molecule has 25 heavy (non-hydrogen) atoms. The zero-order valence-corrected chi connectivity index (χ0v) is 15.6. The summed E-state index contributed by atoms with van der Waals surface area (Å²) in [6.07, 6.45) is 2.76. The van der Waals surface area contributed by atoms with E-state index in [9.17, 15) is 4.79 Å². The van der Waals surface area contributed by atoms with Crippen molar-refractivity contribution in [2.45, 2.75) is 46.3 Å². The first-order valence-electron chi connectivity index (χ1n) is 8.86. The Morgan fingerprint density at radius 1 is 1.40 bits per heavy atom. The number of aryl methyl sites for hydroxylation is 2. The average Bonchev–Trinajstić information content (AvgIpc) is 2.88. The van der Waals surface area contributed by atoms with Crippen molar-refractivity contribution >= 4 is 22.7 Å². The molecule has 2 atom stereocenters. The van der Waals surface area contributed by atoms with Crippen molar-refractivity contribution in [2.24, 2.45) is 7.05 Å². The number of aromatic nitrogens is 3. The Hall–Kier alpha value is -2.15. The number of anilines is 1. The number of fused-ring (bicyclic) bond motifs is 1. The van der Waals surface area contributed by atoms with Gasteiger partial charge in [-0.3, -0.25) is 4.68 Å². The molecule has 7 nitrogen and oxygen atoms in total. The van der Waals surface area contributed by atoms with Crippen LogP contribution in [0.1, 0.15) is 43.2 Å². The van der Waals surface area contributed by atoms with Crippen molar-refractivity contribution in [3.05, 3.63) is 17.5 Å². The van der Waals surface area contributed by atoms with Gasteiger partial charge in [0.2, 0.25) is 0 Å². The van der Waals surface area contributed by atoms with E-state index < -0.39 is 0 Å². The predicted molar refractivity (Wildman–Crippen MR) is 96.0 cm³/mol. The van der Waals surface area contributed by atoms with Gasteiger partial charge in [-0.2, -0.15) is 5.10 Å². The third kappa shape index (κ3) is 3.20. The van der Waals surface area contributed by atoms with Crippen LogP contribution < -0.4 is 4.90 Å². The summed E-state index contributed by atoms with van der Waals surface area (Å²) < 4.78 is 13.0. The molecule has 0 radical (unpaired) electrons. The quantitative estimate of drug-likeness (QED) is 0.792. The summed E-state index contributed by atoms with van der Waals surface area (Å²) in [5.74, 6) is -0.345. The highest BCUT2D eigenvalue weighted by molar-refractivity contribution is 6.05. The van der Waals surface area contributed by atoms with Crippen LogP contribution in [0.5, 0.6) is 0 Å². The highest BCUT2D eigenvalue weighted by atomic mass is 16.5. The van der Waals surface area contributed by atoms with E-state index >= 15 is 0 Å². The van der Waals surface area contributed by atoms with Gasteiger partial charge in [-0.25, -0.2) is 9.78 Å². The third-order valence-corrected chi connectivity index (χ3v) is 4.59. The Morgan fingerprint density at radius 2 is 2.16 bits per heavy atom. The maximum Gasteiger partial charge on any atom is 0.341 e. The summed E-state index contributed by atoms with van der Waals surface area (Å²) in [5, 5.41) is 5.41. The van der Waals surface area contributed by atoms with Gasteiger partial charge in [0.25, 0.3) is 0 Å². The number of ether oxygens (including phenoxy) is 2. The Balaban J connectivity index is 2.18. The SMILES string of the molecule is CCOC(=O)c1cnc2c(c(C)nn2C)c1N1CC(C)OC(CC)C1. The smallest absolute Gasteiger partial charge is 0.341 e. The van der Waals surface area contributed by atoms with Gasteiger partial charge in [-0.1, -0.05) is 6.92 Å². The second-order valence-corrected chi connectivity index (χ2v) is 6.53. The van der Waals surface area contributed by atoms with Gasteiger partial charge in [0.1, 0.15) is 5.56 Å². The van der Waals surface area contributed by atoms with Gasteiger partial charge in [0, 0.05) is 26.3 Å². The molecule has 0 N–H and O–H groups in total. The van der Waals surface area contributed by atoms with E-state index in [4.69, 9.17) is 9.47 Å². The molecule has 0 aliphatic carbocycles. The lowest BCUT2D eigenvalue weighted by Gasteiger charge is -2.38. The highest BCUT2D eigenvalue weighted by Gasteiger charge is 2.30. The van der Waals surface area contributed by atoms with Crippen molar-refractivity contribution < 1.29 is 14.3 Å². The van der Waals surface area contributed by atoms with Gasteiger partial charge in [-0.05, 0) is 27.2 Å². The Labute approximate surface area is 147 Å². The van der Waals surface area contributed by atoms with Crippen molar-refractivity contribution in [1.82, 2.24) is 14.8 Å². The van der Waals surface area contributed by atoms with Crippen molar-refractivity contribution in [3.8, 4) is 0 Å². The molecule has 7 heteroatoms. The maximum atomic E-state index is 12.6. The molecule has 0 aromatic carbocycles. The summed E-state index contributed by atoms with van der Waals surface area (Å²) in [5.41, 5.74) is 2.99. The van der Waals surface area contributed by atoms with Crippen LogP contribution in [0.2, 0.25) is 0 Å². The predicted octanol–water partition coefficient (Wildman–Crippen LogP) is 2.46. The number of rotatable bonds is 4. The van der Waals surface area contributed by atoms with Gasteiger partial charge in [-0.15, -0.1) is 0 Å². The molecule has 1 aliphatic rings. The van der Waals surface area contributed by atoms with Crippen LogP contribution >= 0.6 is 0 Å². The molecule has 2 aromatic rings. The standard InChI is InChI=1S/C18H26N4O3/c1-6-13-10-22(9-11(3)25-13)16-14(18(23)24-7-2)8-19-17-15(16)12(4)20-21(17)5/h8,11,13H,6-7,9-10H2,1-5H3. The minimum atomic E-state index is -0.345. The van der Waals surface area contributed by atoms with Gasteiger partial charge < -0.3 is 14.4 Å². The summed E-state index contributed by atoms with van der Waals surface area (Å²) in [6.45, 7) is 9.72. The van der Waals surface area contributed by atoms with Crippen LogP contribution in [-0.4, -0.2) is 52.6 Å². The number of carbonyl (C=O) groups excluding carboxylic acids is 1. The molecular formula is C18H26N4O3. The molecule has 0 saturated carbocycles.